The Kier molecular flexibility index (Phi) is 8.69. The molecule has 3 aromatic rings. The number of urea groups is 1. The van der Waals surface area contributed by atoms with Crippen LogP contribution in [0.1, 0.15) is 16.0 Å². The van der Waals surface area contributed by atoms with E-state index in [4.69, 9.17) is 25.8 Å². The van der Waals surface area contributed by atoms with E-state index in [1.165, 1.54) is 4.90 Å². The lowest BCUT2D eigenvalue weighted by Gasteiger charge is -2.28. The summed E-state index contributed by atoms with van der Waals surface area (Å²) in [7, 11) is 1.56. The molecule has 0 atom stereocenters. The Morgan fingerprint density at radius 1 is 1.08 bits per heavy atom. The van der Waals surface area contributed by atoms with Crippen LogP contribution >= 0.6 is 22.9 Å². The highest BCUT2D eigenvalue weighted by Gasteiger charge is 2.24. The van der Waals surface area contributed by atoms with E-state index in [2.05, 4.69) is 5.32 Å². The molecule has 0 unspecified atom stereocenters. The highest BCUT2D eigenvalue weighted by molar-refractivity contribution is 7.10. The van der Waals surface area contributed by atoms with Crippen molar-refractivity contribution in [2.75, 3.05) is 38.9 Å². The van der Waals surface area contributed by atoms with Crippen molar-refractivity contribution in [3.63, 3.8) is 0 Å². The van der Waals surface area contributed by atoms with Gasteiger partial charge in [0.05, 0.1) is 13.2 Å². The predicted octanol–water partition coefficient (Wildman–Crippen LogP) is 5.15. The number of methoxy groups -OCH3 is 1. The number of nitrogens with one attached hydrogen (secondary N) is 1. The standard InChI is InChI=1S/C26H28ClN3O5S/c1-18-8-11-36-24(18)15-30(14-19-6-7-22-23(12-19)35-17-34-22)25(31)16-29(9-10-33-2)26(32)28-21-5-3-4-20(27)13-21/h3-8,11-13H,9-10,14-17H2,1-2H3,(H,28,32). The summed E-state index contributed by atoms with van der Waals surface area (Å²) in [4.78, 5) is 30.9. The van der Waals surface area contributed by atoms with Gasteiger partial charge in [0.1, 0.15) is 6.54 Å². The van der Waals surface area contributed by atoms with Gasteiger partial charge in [-0.05, 0) is 59.8 Å². The summed E-state index contributed by atoms with van der Waals surface area (Å²) in [6.07, 6.45) is 0. The van der Waals surface area contributed by atoms with Gasteiger partial charge in [-0.2, -0.15) is 0 Å². The maximum absolute atomic E-state index is 13.6. The van der Waals surface area contributed by atoms with Gasteiger partial charge < -0.3 is 29.3 Å². The zero-order chi connectivity index (χ0) is 25.5. The third-order valence-corrected chi connectivity index (χ3v) is 6.96. The molecule has 2 heterocycles. The molecule has 4 rings (SSSR count). The molecule has 0 radical (unpaired) electrons. The van der Waals surface area contributed by atoms with Crippen LogP contribution < -0.4 is 14.8 Å². The van der Waals surface area contributed by atoms with Crippen LogP contribution in [0, 0.1) is 6.92 Å². The van der Waals surface area contributed by atoms with E-state index in [1.54, 1.807) is 47.6 Å². The van der Waals surface area contributed by atoms with E-state index in [0.29, 0.717) is 41.9 Å². The summed E-state index contributed by atoms with van der Waals surface area (Å²) in [6, 6.07) is 14.2. The van der Waals surface area contributed by atoms with Gasteiger partial charge in [-0.1, -0.05) is 23.7 Å². The summed E-state index contributed by atoms with van der Waals surface area (Å²) in [5.41, 5.74) is 2.58. The number of hydrogen-bond donors (Lipinski definition) is 1. The molecule has 8 nitrogen and oxygen atoms in total. The zero-order valence-corrected chi connectivity index (χ0v) is 21.7. The lowest BCUT2D eigenvalue weighted by Crippen LogP contribution is -2.45. The van der Waals surface area contributed by atoms with Crippen LogP contribution in [0.3, 0.4) is 0 Å². The van der Waals surface area contributed by atoms with Crippen LogP contribution in [0.5, 0.6) is 11.5 Å². The van der Waals surface area contributed by atoms with Crippen molar-refractivity contribution in [1.82, 2.24) is 9.80 Å². The van der Waals surface area contributed by atoms with Crippen LogP contribution in [0.4, 0.5) is 10.5 Å². The van der Waals surface area contributed by atoms with Gasteiger partial charge in [0, 0.05) is 35.8 Å². The van der Waals surface area contributed by atoms with Crippen molar-refractivity contribution in [2.45, 2.75) is 20.0 Å². The minimum Gasteiger partial charge on any atom is -0.454 e. The number of aryl methyl sites for hydroxylation is 1. The minimum absolute atomic E-state index is 0.106. The Morgan fingerprint density at radius 2 is 1.92 bits per heavy atom. The van der Waals surface area contributed by atoms with E-state index < -0.39 is 6.03 Å². The van der Waals surface area contributed by atoms with Crippen molar-refractivity contribution in [3.05, 3.63) is 74.9 Å². The molecular weight excluding hydrogens is 502 g/mol. The fraction of sp³-hybridized carbons (Fsp3) is 0.308. The summed E-state index contributed by atoms with van der Waals surface area (Å²) in [6.45, 7) is 3.45. The first-order chi connectivity index (χ1) is 17.4. The molecule has 1 N–H and O–H groups in total. The molecule has 2 aromatic carbocycles. The van der Waals surface area contributed by atoms with Crippen molar-refractivity contribution in [2.24, 2.45) is 0 Å². The fourth-order valence-corrected chi connectivity index (χ4v) is 4.83. The predicted molar refractivity (Wildman–Crippen MR) is 140 cm³/mol. The zero-order valence-electron chi connectivity index (χ0n) is 20.2. The molecule has 1 aromatic heterocycles. The second kappa shape index (κ2) is 12.1. The lowest BCUT2D eigenvalue weighted by atomic mass is 10.1. The number of carbonyl (C=O) groups excluding carboxylic acids is 2. The number of hydrogen-bond acceptors (Lipinski definition) is 6. The van der Waals surface area contributed by atoms with Gasteiger partial charge in [0.25, 0.3) is 0 Å². The smallest absolute Gasteiger partial charge is 0.322 e. The first kappa shape index (κ1) is 25.8. The SMILES string of the molecule is COCCN(CC(=O)N(Cc1ccc2c(c1)OCO2)Cc1sccc1C)C(=O)Nc1cccc(Cl)c1. The molecule has 1 aliphatic heterocycles. The van der Waals surface area contributed by atoms with Crippen LogP contribution in [0.25, 0.3) is 0 Å². The maximum Gasteiger partial charge on any atom is 0.322 e. The number of thiophene rings is 1. The van der Waals surface area contributed by atoms with Crippen molar-refractivity contribution >= 4 is 40.6 Å². The largest absolute Gasteiger partial charge is 0.454 e. The molecule has 0 spiro atoms. The van der Waals surface area contributed by atoms with Gasteiger partial charge in [0.15, 0.2) is 11.5 Å². The molecule has 1 aliphatic rings. The molecule has 0 saturated carbocycles. The molecule has 3 amide bonds. The Labute approximate surface area is 219 Å². The topological polar surface area (TPSA) is 80.3 Å². The normalized spacial score (nSPS) is 11.9. The monoisotopic (exact) mass is 529 g/mol. The van der Waals surface area contributed by atoms with Gasteiger partial charge in [-0.3, -0.25) is 4.79 Å². The number of benzene rings is 2. The first-order valence-electron chi connectivity index (χ1n) is 11.4. The van der Waals surface area contributed by atoms with E-state index in [-0.39, 0.29) is 25.8 Å². The highest BCUT2D eigenvalue weighted by Crippen LogP contribution is 2.33. The molecule has 0 bridgehead atoms. The fourth-order valence-electron chi connectivity index (χ4n) is 3.72. The van der Waals surface area contributed by atoms with Gasteiger partial charge >= 0.3 is 6.03 Å². The van der Waals surface area contributed by atoms with E-state index in [9.17, 15) is 9.59 Å². The molecule has 36 heavy (non-hydrogen) atoms. The van der Waals surface area contributed by atoms with E-state index >= 15 is 0 Å². The quantitative estimate of drug-likeness (QED) is 0.393. The average molecular weight is 530 g/mol. The van der Waals surface area contributed by atoms with Crippen molar-refractivity contribution in [3.8, 4) is 11.5 Å². The van der Waals surface area contributed by atoms with Crippen LogP contribution in [-0.4, -0.2) is 55.3 Å². The van der Waals surface area contributed by atoms with Crippen LogP contribution in [0.15, 0.2) is 53.9 Å². The first-order valence-corrected chi connectivity index (χ1v) is 12.7. The number of anilines is 1. The average Bonchev–Trinajstić information content (AvgIpc) is 3.49. The van der Waals surface area contributed by atoms with Crippen molar-refractivity contribution in [1.29, 1.82) is 0 Å². The summed E-state index contributed by atoms with van der Waals surface area (Å²) < 4.78 is 16.1. The summed E-state index contributed by atoms with van der Waals surface area (Å²) in [5, 5.41) is 5.34. The number of rotatable bonds is 10. The molecule has 10 heteroatoms. The molecular formula is C26H28ClN3O5S. The Hall–Kier alpha value is -3.27. The number of amides is 3. The van der Waals surface area contributed by atoms with Crippen LogP contribution in [-0.2, 0) is 22.6 Å². The van der Waals surface area contributed by atoms with E-state index in [0.717, 1.165) is 16.0 Å². The third-order valence-electron chi connectivity index (χ3n) is 5.72. The summed E-state index contributed by atoms with van der Waals surface area (Å²) in [5.74, 6) is 1.17. The van der Waals surface area contributed by atoms with Crippen molar-refractivity contribution < 1.29 is 23.8 Å². The lowest BCUT2D eigenvalue weighted by molar-refractivity contribution is -0.133. The molecule has 0 fully saturated rings. The Bertz CT molecular complexity index is 1220. The second-order valence-corrected chi connectivity index (χ2v) is 9.76. The Morgan fingerprint density at radius 3 is 2.67 bits per heavy atom. The van der Waals surface area contributed by atoms with E-state index in [1.807, 2.05) is 36.6 Å². The van der Waals surface area contributed by atoms with Gasteiger partial charge in [-0.15, -0.1) is 11.3 Å². The minimum atomic E-state index is -0.405. The number of nitrogens with zero attached hydrogens (tertiary/aromatic N) is 2. The second-order valence-electron chi connectivity index (χ2n) is 8.32. The van der Waals surface area contributed by atoms with Gasteiger partial charge in [0.2, 0.25) is 12.7 Å². The number of carbonyl (C=O) groups is 2. The molecule has 0 aliphatic carbocycles. The molecule has 0 saturated heterocycles. The maximum atomic E-state index is 13.6. The number of halogens is 1. The number of fused-ring (bicyclic) bond motifs is 1. The van der Waals surface area contributed by atoms with Gasteiger partial charge in [-0.25, -0.2) is 4.79 Å². The highest BCUT2D eigenvalue weighted by atomic mass is 35.5. The summed E-state index contributed by atoms with van der Waals surface area (Å²) >= 11 is 7.65. The molecule has 190 valence electrons. The number of ether oxygens (including phenoxy) is 3. The third kappa shape index (κ3) is 6.69. The Balaban J connectivity index is 1.51. The van der Waals surface area contributed by atoms with Crippen LogP contribution in [0.2, 0.25) is 5.02 Å².